The second-order valence-electron chi connectivity index (χ2n) is 2.98. The summed E-state index contributed by atoms with van der Waals surface area (Å²) in [5.74, 6) is 0.215. The van der Waals surface area contributed by atoms with E-state index < -0.39 is 0 Å². The van der Waals surface area contributed by atoms with Crippen LogP contribution in [-0.2, 0) is 0 Å². The second kappa shape index (κ2) is 3.38. The van der Waals surface area contributed by atoms with Gasteiger partial charge in [0.05, 0.1) is 0 Å². The summed E-state index contributed by atoms with van der Waals surface area (Å²) in [4.78, 5) is 13.7. The number of aromatic amines is 1. The lowest BCUT2D eigenvalue weighted by Crippen LogP contribution is -2.03. The van der Waals surface area contributed by atoms with Crippen LogP contribution in [0.2, 0.25) is 0 Å². The molecule has 0 atom stereocenters. The van der Waals surface area contributed by atoms with Crippen molar-refractivity contribution in [3.63, 3.8) is 0 Å². The number of hydrogen-bond donors (Lipinski definition) is 2. The molecule has 3 nitrogen and oxygen atoms in total. The minimum Gasteiger partial charge on any atom is -0.508 e. The van der Waals surface area contributed by atoms with Gasteiger partial charge in [0, 0.05) is 11.8 Å². The lowest BCUT2D eigenvalue weighted by atomic mass is 10.1. The number of phenols is 1. The number of hydrogen-bond acceptors (Lipinski definition) is 2. The summed E-state index contributed by atoms with van der Waals surface area (Å²) in [6, 6.07) is 11.6. The van der Waals surface area contributed by atoms with Crippen LogP contribution in [0.5, 0.6) is 5.75 Å². The van der Waals surface area contributed by atoms with Crippen molar-refractivity contribution >= 4 is 0 Å². The van der Waals surface area contributed by atoms with Gasteiger partial charge in [-0.25, -0.2) is 0 Å². The molecular formula is C11H9NO2. The van der Waals surface area contributed by atoms with Crippen LogP contribution in [0.25, 0.3) is 11.3 Å². The van der Waals surface area contributed by atoms with Crippen LogP contribution >= 0.6 is 0 Å². The zero-order valence-electron chi connectivity index (χ0n) is 7.40. The van der Waals surface area contributed by atoms with Gasteiger partial charge < -0.3 is 10.1 Å². The first-order chi connectivity index (χ1) is 6.75. The third-order valence-electron chi connectivity index (χ3n) is 1.95. The number of H-pyrrole nitrogens is 1. The molecule has 0 aliphatic carbocycles. The Kier molecular flexibility index (Phi) is 2.07. The number of nitrogens with one attached hydrogen (secondary N) is 1. The third kappa shape index (κ3) is 1.66. The van der Waals surface area contributed by atoms with Crippen molar-refractivity contribution < 1.29 is 5.11 Å². The standard InChI is InChI=1S/C11H9NO2/c13-9-6-4-8(5-7-9)10-2-1-3-11(14)12-10/h1-7,13H,(H,12,14). The monoisotopic (exact) mass is 187 g/mol. The highest BCUT2D eigenvalue weighted by Gasteiger charge is 1.97. The van der Waals surface area contributed by atoms with Crippen molar-refractivity contribution in [1.29, 1.82) is 0 Å². The van der Waals surface area contributed by atoms with Crippen molar-refractivity contribution in [2.24, 2.45) is 0 Å². The Morgan fingerprint density at radius 2 is 1.71 bits per heavy atom. The number of phenolic OH excluding ortho intramolecular Hbond substituents is 1. The van der Waals surface area contributed by atoms with Crippen molar-refractivity contribution in [2.45, 2.75) is 0 Å². The molecule has 0 saturated heterocycles. The fraction of sp³-hybridized carbons (Fsp3) is 0. The molecule has 0 bridgehead atoms. The van der Waals surface area contributed by atoms with E-state index in [0.29, 0.717) is 0 Å². The molecule has 0 unspecified atom stereocenters. The van der Waals surface area contributed by atoms with Crippen LogP contribution in [-0.4, -0.2) is 10.1 Å². The molecule has 3 heteroatoms. The molecule has 0 amide bonds. The van der Waals surface area contributed by atoms with Gasteiger partial charge >= 0.3 is 0 Å². The van der Waals surface area contributed by atoms with E-state index in [1.54, 1.807) is 30.3 Å². The minimum atomic E-state index is -0.129. The van der Waals surface area contributed by atoms with E-state index in [1.807, 2.05) is 6.07 Å². The summed E-state index contributed by atoms with van der Waals surface area (Å²) in [7, 11) is 0. The van der Waals surface area contributed by atoms with Crippen LogP contribution in [0.4, 0.5) is 0 Å². The lowest BCUT2D eigenvalue weighted by molar-refractivity contribution is 0.475. The van der Waals surface area contributed by atoms with E-state index in [-0.39, 0.29) is 11.3 Å². The second-order valence-corrected chi connectivity index (χ2v) is 2.98. The topological polar surface area (TPSA) is 53.1 Å². The normalized spacial score (nSPS) is 10.0. The highest BCUT2D eigenvalue weighted by Crippen LogP contribution is 2.18. The molecule has 0 radical (unpaired) electrons. The Hall–Kier alpha value is -2.03. The van der Waals surface area contributed by atoms with Crippen LogP contribution in [0.1, 0.15) is 0 Å². The fourth-order valence-corrected chi connectivity index (χ4v) is 1.26. The fourth-order valence-electron chi connectivity index (χ4n) is 1.26. The van der Waals surface area contributed by atoms with Gasteiger partial charge in [0.1, 0.15) is 5.75 Å². The maximum Gasteiger partial charge on any atom is 0.248 e. The molecule has 0 spiro atoms. The molecule has 1 aromatic heterocycles. The smallest absolute Gasteiger partial charge is 0.248 e. The van der Waals surface area contributed by atoms with E-state index in [2.05, 4.69) is 4.98 Å². The maximum absolute atomic E-state index is 11.0. The molecule has 0 aliphatic rings. The van der Waals surface area contributed by atoms with Crippen LogP contribution in [0.15, 0.2) is 47.3 Å². The van der Waals surface area contributed by atoms with Crippen LogP contribution in [0.3, 0.4) is 0 Å². The average Bonchev–Trinajstić information content (AvgIpc) is 2.19. The van der Waals surface area contributed by atoms with Gasteiger partial charge in [0.25, 0.3) is 0 Å². The molecule has 0 aliphatic heterocycles. The Bertz CT molecular complexity index is 485. The zero-order chi connectivity index (χ0) is 9.97. The van der Waals surface area contributed by atoms with E-state index in [1.165, 1.54) is 6.07 Å². The van der Waals surface area contributed by atoms with Gasteiger partial charge in [-0.1, -0.05) is 6.07 Å². The Morgan fingerprint density at radius 3 is 2.36 bits per heavy atom. The summed E-state index contributed by atoms with van der Waals surface area (Å²) < 4.78 is 0. The molecule has 1 aromatic carbocycles. The van der Waals surface area contributed by atoms with Gasteiger partial charge in [-0.15, -0.1) is 0 Å². The summed E-state index contributed by atoms with van der Waals surface area (Å²) >= 11 is 0. The molecule has 2 rings (SSSR count). The largest absolute Gasteiger partial charge is 0.508 e. The van der Waals surface area contributed by atoms with Gasteiger partial charge in [-0.3, -0.25) is 4.79 Å². The predicted molar refractivity (Wildman–Crippen MR) is 54.2 cm³/mol. The Balaban J connectivity index is 2.50. The van der Waals surface area contributed by atoms with Crippen molar-refractivity contribution in [1.82, 2.24) is 4.98 Å². The first-order valence-electron chi connectivity index (χ1n) is 4.24. The van der Waals surface area contributed by atoms with E-state index in [0.717, 1.165) is 11.3 Å². The van der Waals surface area contributed by atoms with E-state index >= 15 is 0 Å². The number of rotatable bonds is 1. The van der Waals surface area contributed by atoms with Gasteiger partial charge in [-0.05, 0) is 35.9 Å². The highest BCUT2D eigenvalue weighted by molar-refractivity contribution is 5.59. The van der Waals surface area contributed by atoms with Crippen molar-refractivity contribution in [3.05, 3.63) is 52.8 Å². The third-order valence-corrected chi connectivity index (χ3v) is 1.95. The van der Waals surface area contributed by atoms with E-state index in [9.17, 15) is 4.79 Å². The SMILES string of the molecule is O=c1cccc(-c2ccc(O)cc2)[nH]1. The lowest BCUT2D eigenvalue weighted by Gasteiger charge is -2.00. The Labute approximate surface area is 80.7 Å². The van der Waals surface area contributed by atoms with Gasteiger partial charge in [-0.2, -0.15) is 0 Å². The summed E-state index contributed by atoms with van der Waals surface area (Å²) in [5, 5.41) is 9.09. The number of benzene rings is 1. The molecule has 0 saturated carbocycles. The molecular weight excluding hydrogens is 178 g/mol. The van der Waals surface area contributed by atoms with Crippen molar-refractivity contribution in [2.75, 3.05) is 0 Å². The first kappa shape index (κ1) is 8.56. The Morgan fingerprint density at radius 1 is 1.00 bits per heavy atom. The van der Waals surface area contributed by atoms with Gasteiger partial charge in [0.2, 0.25) is 5.56 Å². The van der Waals surface area contributed by atoms with Crippen LogP contribution < -0.4 is 5.56 Å². The first-order valence-corrected chi connectivity index (χ1v) is 4.24. The maximum atomic E-state index is 11.0. The zero-order valence-corrected chi connectivity index (χ0v) is 7.40. The molecule has 0 fully saturated rings. The minimum absolute atomic E-state index is 0.129. The molecule has 2 aromatic rings. The predicted octanol–water partition coefficient (Wildman–Crippen LogP) is 1.75. The number of aromatic nitrogens is 1. The van der Waals surface area contributed by atoms with Gasteiger partial charge in [0.15, 0.2) is 0 Å². The molecule has 2 N–H and O–H groups in total. The highest BCUT2D eigenvalue weighted by atomic mass is 16.3. The van der Waals surface area contributed by atoms with Crippen molar-refractivity contribution in [3.8, 4) is 17.0 Å². The number of pyridine rings is 1. The summed E-state index contributed by atoms with van der Waals surface area (Å²) in [6.07, 6.45) is 0. The summed E-state index contributed by atoms with van der Waals surface area (Å²) in [5.41, 5.74) is 1.49. The summed E-state index contributed by atoms with van der Waals surface area (Å²) in [6.45, 7) is 0. The molecule has 1 heterocycles. The molecule has 14 heavy (non-hydrogen) atoms. The number of aromatic hydroxyl groups is 1. The average molecular weight is 187 g/mol. The van der Waals surface area contributed by atoms with Crippen LogP contribution in [0, 0.1) is 0 Å². The molecule has 70 valence electrons. The quantitative estimate of drug-likeness (QED) is 0.714. The van der Waals surface area contributed by atoms with E-state index in [4.69, 9.17) is 5.11 Å².